The van der Waals surface area contributed by atoms with Crippen LogP contribution in [0.15, 0.2) is 24.3 Å². The summed E-state index contributed by atoms with van der Waals surface area (Å²) in [5.41, 5.74) is 12.1. The van der Waals surface area contributed by atoms with Crippen LogP contribution in [0.4, 0.5) is 0 Å². The third kappa shape index (κ3) is 2.58. The number of nitrogens with zero attached hydrogens (tertiary/aromatic N) is 1. The fraction of sp³-hybridized carbons (Fsp3) is 0.100. The van der Waals surface area contributed by atoms with Crippen LogP contribution >= 0.6 is 12.2 Å². The van der Waals surface area contributed by atoms with Gasteiger partial charge in [-0.3, -0.25) is 5.43 Å². The number of para-hydroxylation sites is 2. The average molecular weight is 249 g/mol. The van der Waals surface area contributed by atoms with Crippen molar-refractivity contribution in [3.05, 3.63) is 30.1 Å². The van der Waals surface area contributed by atoms with Gasteiger partial charge in [-0.15, -0.1) is 0 Å². The first-order valence-electron chi connectivity index (χ1n) is 4.91. The lowest BCUT2D eigenvalue weighted by molar-refractivity contribution is -0.109. The Hall–Kier alpha value is -1.99. The Morgan fingerprint density at radius 2 is 2.29 bits per heavy atom. The fourth-order valence-corrected chi connectivity index (χ4v) is 1.49. The van der Waals surface area contributed by atoms with E-state index in [4.69, 9.17) is 5.73 Å². The molecular weight excluding hydrogens is 238 g/mol. The molecule has 0 radical (unpaired) electrons. The van der Waals surface area contributed by atoms with Crippen molar-refractivity contribution in [3.8, 4) is 0 Å². The molecule has 0 spiro atoms. The van der Waals surface area contributed by atoms with Gasteiger partial charge in [0.2, 0.25) is 0 Å². The van der Waals surface area contributed by atoms with Crippen LogP contribution in [0.3, 0.4) is 0 Å². The smallest absolute Gasteiger partial charge is 0.178 e. The molecule has 5 N–H and O–H groups in total. The van der Waals surface area contributed by atoms with Gasteiger partial charge in [0.1, 0.15) is 18.2 Å². The molecule has 0 saturated carbocycles. The highest BCUT2D eigenvalue weighted by atomic mass is 32.1. The summed E-state index contributed by atoms with van der Waals surface area (Å²) < 4.78 is 0. The first-order chi connectivity index (χ1) is 8.20. The summed E-state index contributed by atoms with van der Waals surface area (Å²) in [6.45, 7) is 0. The lowest BCUT2D eigenvalue weighted by atomic mass is 10.3. The number of carbonyl (C=O) groups is 1. The number of carbonyl (C=O) groups excluding carboxylic acids is 1. The second-order valence-corrected chi connectivity index (χ2v) is 3.83. The van der Waals surface area contributed by atoms with E-state index in [2.05, 4.69) is 33.0 Å². The SMILES string of the molecule is NC(=S)NNC(C=O)c1nc2ccccc2[nH]1. The zero-order valence-electron chi connectivity index (χ0n) is 8.81. The quantitative estimate of drug-likeness (QED) is 0.350. The van der Waals surface area contributed by atoms with Crippen molar-refractivity contribution < 1.29 is 4.79 Å². The molecule has 2 aromatic rings. The number of aromatic amines is 1. The zero-order valence-corrected chi connectivity index (χ0v) is 9.62. The maximum absolute atomic E-state index is 10.9. The summed E-state index contributed by atoms with van der Waals surface area (Å²) in [5.74, 6) is 0.505. The molecule has 1 unspecified atom stereocenters. The van der Waals surface area contributed by atoms with E-state index in [1.807, 2.05) is 24.3 Å². The highest BCUT2D eigenvalue weighted by Gasteiger charge is 2.14. The lowest BCUT2D eigenvalue weighted by Crippen LogP contribution is -2.43. The van der Waals surface area contributed by atoms with E-state index in [1.165, 1.54) is 0 Å². The highest BCUT2D eigenvalue weighted by Crippen LogP contribution is 2.14. The van der Waals surface area contributed by atoms with E-state index in [0.29, 0.717) is 12.1 Å². The van der Waals surface area contributed by atoms with E-state index < -0.39 is 6.04 Å². The third-order valence-corrected chi connectivity index (χ3v) is 2.29. The molecule has 0 aliphatic heterocycles. The predicted octanol–water partition coefficient (Wildman–Crippen LogP) is 0.141. The molecule has 1 atom stereocenters. The van der Waals surface area contributed by atoms with Crippen LogP contribution in [-0.4, -0.2) is 21.4 Å². The van der Waals surface area contributed by atoms with Crippen molar-refractivity contribution in [1.29, 1.82) is 0 Å². The number of benzene rings is 1. The van der Waals surface area contributed by atoms with E-state index in [-0.39, 0.29) is 5.11 Å². The molecule has 0 fully saturated rings. The highest BCUT2D eigenvalue weighted by molar-refractivity contribution is 7.80. The number of hydrazine groups is 1. The van der Waals surface area contributed by atoms with Crippen LogP contribution in [0.5, 0.6) is 0 Å². The number of imidazole rings is 1. The Bertz CT molecular complexity index is 519. The Morgan fingerprint density at radius 1 is 1.53 bits per heavy atom. The van der Waals surface area contributed by atoms with E-state index in [0.717, 1.165) is 11.0 Å². The molecule has 0 aliphatic rings. The van der Waals surface area contributed by atoms with Gasteiger partial charge < -0.3 is 15.5 Å². The molecule has 0 amide bonds. The number of aldehydes is 1. The van der Waals surface area contributed by atoms with Gasteiger partial charge in [-0.2, -0.15) is 0 Å². The number of hydrogen-bond donors (Lipinski definition) is 4. The minimum absolute atomic E-state index is 0.0629. The molecule has 0 bridgehead atoms. The number of nitrogens with one attached hydrogen (secondary N) is 3. The van der Waals surface area contributed by atoms with E-state index in [1.54, 1.807) is 0 Å². The fourth-order valence-electron chi connectivity index (χ4n) is 1.44. The Balaban J connectivity index is 2.24. The van der Waals surface area contributed by atoms with Crippen LogP contribution in [0.25, 0.3) is 11.0 Å². The zero-order chi connectivity index (χ0) is 12.3. The summed E-state index contributed by atoms with van der Waals surface area (Å²) in [6, 6.07) is 6.88. The van der Waals surface area contributed by atoms with Crippen LogP contribution in [0.1, 0.15) is 11.9 Å². The van der Waals surface area contributed by atoms with E-state index >= 15 is 0 Å². The van der Waals surface area contributed by atoms with Crippen LogP contribution < -0.4 is 16.6 Å². The molecular formula is C10H11N5OS. The maximum atomic E-state index is 10.9. The van der Waals surface area contributed by atoms with Crippen molar-refractivity contribution in [1.82, 2.24) is 20.8 Å². The standard InChI is InChI=1S/C10H11N5OS/c11-10(17)15-14-8(5-16)9-12-6-3-1-2-4-7(6)13-9/h1-5,8,14H,(H,12,13)(H3,11,15,17). The minimum Gasteiger partial charge on any atom is -0.375 e. The summed E-state index contributed by atoms with van der Waals surface area (Å²) in [6.07, 6.45) is 0.711. The summed E-state index contributed by atoms with van der Waals surface area (Å²) in [4.78, 5) is 18.3. The molecule has 17 heavy (non-hydrogen) atoms. The van der Waals surface area contributed by atoms with Crippen molar-refractivity contribution in [2.75, 3.05) is 0 Å². The molecule has 6 nitrogen and oxygen atoms in total. The lowest BCUT2D eigenvalue weighted by Gasteiger charge is -2.10. The monoisotopic (exact) mass is 249 g/mol. The summed E-state index contributed by atoms with van der Waals surface area (Å²) >= 11 is 4.63. The Kier molecular flexibility index (Phi) is 3.31. The van der Waals surface area contributed by atoms with Crippen molar-refractivity contribution >= 4 is 34.6 Å². The molecule has 1 aromatic heterocycles. The normalized spacial score (nSPS) is 12.2. The Labute approximate surface area is 103 Å². The van der Waals surface area contributed by atoms with Gasteiger partial charge in [0.05, 0.1) is 11.0 Å². The topological polar surface area (TPSA) is 95.8 Å². The Morgan fingerprint density at radius 3 is 2.94 bits per heavy atom. The van der Waals surface area contributed by atoms with Gasteiger partial charge in [-0.1, -0.05) is 12.1 Å². The van der Waals surface area contributed by atoms with Gasteiger partial charge in [0.25, 0.3) is 0 Å². The first kappa shape index (κ1) is 11.5. The third-order valence-electron chi connectivity index (χ3n) is 2.19. The van der Waals surface area contributed by atoms with Crippen molar-refractivity contribution in [3.63, 3.8) is 0 Å². The number of H-pyrrole nitrogens is 1. The predicted molar refractivity (Wildman–Crippen MR) is 68.0 cm³/mol. The largest absolute Gasteiger partial charge is 0.375 e. The number of hydrogen-bond acceptors (Lipinski definition) is 4. The molecule has 1 aromatic carbocycles. The average Bonchev–Trinajstić information content (AvgIpc) is 2.72. The first-order valence-corrected chi connectivity index (χ1v) is 5.32. The van der Waals surface area contributed by atoms with Crippen LogP contribution in [0.2, 0.25) is 0 Å². The van der Waals surface area contributed by atoms with Gasteiger partial charge in [-0.25, -0.2) is 10.4 Å². The maximum Gasteiger partial charge on any atom is 0.178 e. The molecule has 0 saturated heterocycles. The number of fused-ring (bicyclic) bond motifs is 1. The minimum atomic E-state index is -0.635. The number of nitrogens with two attached hydrogens (primary N) is 1. The van der Waals surface area contributed by atoms with Crippen LogP contribution in [-0.2, 0) is 4.79 Å². The molecule has 88 valence electrons. The van der Waals surface area contributed by atoms with Gasteiger partial charge in [0.15, 0.2) is 5.11 Å². The molecule has 7 heteroatoms. The van der Waals surface area contributed by atoms with Crippen LogP contribution in [0, 0.1) is 0 Å². The number of aromatic nitrogens is 2. The second kappa shape index (κ2) is 4.89. The number of rotatable bonds is 4. The van der Waals surface area contributed by atoms with Crippen molar-refractivity contribution in [2.45, 2.75) is 6.04 Å². The van der Waals surface area contributed by atoms with E-state index in [9.17, 15) is 4.79 Å². The van der Waals surface area contributed by atoms with Gasteiger partial charge >= 0.3 is 0 Å². The van der Waals surface area contributed by atoms with Gasteiger partial charge in [0, 0.05) is 0 Å². The molecule has 0 aliphatic carbocycles. The molecule has 2 rings (SSSR count). The molecule has 1 heterocycles. The number of thiocarbonyl (C=S) groups is 1. The summed E-state index contributed by atoms with van der Waals surface area (Å²) in [7, 11) is 0. The summed E-state index contributed by atoms with van der Waals surface area (Å²) in [5, 5.41) is 0.0629. The van der Waals surface area contributed by atoms with Gasteiger partial charge in [-0.05, 0) is 24.4 Å². The van der Waals surface area contributed by atoms with Crippen molar-refractivity contribution in [2.24, 2.45) is 5.73 Å². The second-order valence-electron chi connectivity index (χ2n) is 3.39.